The molecule has 5 heteroatoms. The average Bonchev–Trinajstić information content (AvgIpc) is 2.62. The number of aromatic hydroxyl groups is 1. The Hall–Kier alpha value is -2.43. The fraction of sp³-hybridized carbons (Fsp3) is 0.421. The van der Waals surface area contributed by atoms with Gasteiger partial charge in [0.15, 0.2) is 11.6 Å². The maximum absolute atomic E-state index is 12.5. The summed E-state index contributed by atoms with van der Waals surface area (Å²) in [6.07, 6.45) is 6.36. The van der Waals surface area contributed by atoms with Crippen LogP contribution in [0.4, 0.5) is 5.82 Å². The topological polar surface area (TPSA) is 66.3 Å². The number of carbonyl (C=O) groups is 1. The van der Waals surface area contributed by atoms with E-state index in [1.807, 2.05) is 13.0 Å². The number of anilines is 1. The van der Waals surface area contributed by atoms with Crippen LogP contribution < -0.4 is 4.90 Å². The second-order valence-electron chi connectivity index (χ2n) is 6.17. The molecule has 1 N–H and O–H groups in total. The largest absolute Gasteiger partial charge is 0.507 e. The standard InChI is InChI=1S/C19H23N3O2/c1-2-8-16(23)15-13-20-18(14-9-4-5-10-17(14)24)21-19(15)22-11-6-3-7-12-22/h4-5,9-10,13,24H,2-3,6-8,11-12H2,1H3. The summed E-state index contributed by atoms with van der Waals surface area (Å²) in [4.78, 5) is 23.7. The summed E-state index contributed by atoms with van der Waals surface area (Å²) in [6, 6.07) is 7.02. The number of phenolic OH excluding ortho intramolecular Hbond substituents is 1. The van der Waals surface area contributed by atoms with E-state index in [-0.39, 0.29) is 11.5 Å². The highest BCUT2D eigenvalue weighted by Crippen LogP contribution is 2.30. The van der Waals surface area contributed by atoms with Gasteiger partial charge in [-0.15, -0.1) is 0 Å². The molecule has 2 heterocycles. The van der Waals surface area contributed by atoms with E-state index in [0.29, 0.717) is 29.2 Å². The highest BCUT2D eigenvalue weighted by atomic mass is 16.3. The van der Waals surface area contributed by atoms with Crippen LogP contribution in [0, 0.1) is 0 Å². The number of nitrogens with zero attached hydrogens (tertiary/aromatic N) is 3. The summed E-state index contributed by atoms with van der Waals surface area (Å²) in [5, 5.41) is 10.1. The van der Waals surface area contributed by atoms with E-state index in [0.717, 1.165) is 32.4 Å². The Morgan fingerprint density at radius 1 is 1.21 bits per heavy atom. The number of benzene rings is 1. The average molecular weight is 325 g/mol. The van der Waals surface area contributed by atoms with Gasteiger partial charge in [0.2, 0.25) is 0 Å². The van der Waals surface area contributed by atoms with Crippen LogP contribution in [-0.2, 0) is 0 Å². The summed E-state index contributed by atoms with van der Waals surface area (Å²) < 4.78 is 0. The van der Waals surface area contributed by atoms with Crippen molar-refractivity contribution in [2.45, 2.75) is 39.0 Å². The first-order valence-corrected chi connectivity index (χ1v) is 8.64. The number of carbonyl (C=O) groups excluding carboxylic acids is 1. The first-order valence-electron chi connectivity index (χ1n) is 8.64. The van der Waals surface area contributed by atoms with Crippen LogP contribution in [0.15, 0.2) is 30.5 Å². The van der Waals surface area contributed by atoms with Gasteiger partial charge in [0, 0.05) is 25.7 Å². The minimum Gasteiger partial charge on any atom is -0.507 e. The number of Topliss-reactive ketones (excluding diaryl/α,β-unsaturated/α-hetero) is 1. The van der Waals surface area contributed by atoms with E-state index >= 15 is 0 Å². The zero-order chi connectivity index (χ0) is 16.9. The molecule has 0 aliphatic carbocycles. The fourth-order valence-corrected chi connectivity index (χ4v) is 3.07. The smallest absolute Gasteiger partial charge is 0.168 e. The van der Waals surface area contributed by atoms with Gasteiger partial charge in [0.05, 0.1) is 11.1 Å². The van der Waals surface area contributed by atoms with Crippen molar-refractivity contribution in [3.63, 3.8) is 0 Å². The Morgan fingerprint density at radius 2 is 1.96 bits per heavy atom. The van der Waals surface area contributed by atoms with Crippen LogP contribution in [0.5, 0.6) is 5.75 Å². The molecular weight excluding hydrogens is 302 g/mol. The molecule has 1 saturated heterocycles. The van der Waals surface area contributed by atoms with Crippen molar-refractivity contribution in [3.8, 4) is 17.1 Å². The Balaban J connectivity index is 2.05. The summed E-state index contributed by atoms with van der Waals surface area (Å²) >= 11 is 0. The number of para-hydroxylation sites is 1. The third kappa shape index (κ3) is 3.40. The molecule has 1 aromatic carbocycles. The van der Waals surface area contributed by atoms with Gasteiger partial charge in [-0.3, -0.25) is 4.79 Å². The normalized spacial score (nSPS) is 14.6. The molecule has 2 aromatic rings. The van der Waals surface area contributed by atoms with Crippen molar-refractivity contribution in [2.75, 3.05) is 18.0 Å². The van der Waals surface area contributed by atoms with Gasteiger partial charge in [-0.05, 0) is 37.8 Å². The molecule has 0 atom stereocenters. The third-order valence-corrected chi connectivity index (χ3v) is 4.35. The zero-order valence-electron chi connectivity index (χ0n) is 14.0. The van der Waals surface area contributed by atoms with Crippen LogP contribution in [0.25, 0.3) is 11.4 Å². The van der Waals surface area contributed by atoms with Gasteiger partial charge >= 0.3 is 0 Å². The van der Waals surface area contributed by atoms with Gasteiger partial charge in [0.1, 0.15) is 11.6 Å². The first kappa shape index (κ1) is 16.4. The number of aromatic nitrogens is 2. The third-order valence-electron chi connectivity index (χ3n) is 4.35. The second kappa shape index (κ2) is 7.43. The Bertz CT molecular complexity index is 724. The molecule has 1 aliphatic rings. The van der Waals surface area contributed by atoms with E-state index in [1.54, 1.807) is 24.4 Å². The molecule has 0 spiro atoms. The molecule has 126 valence electrons. The summed E-state index contributed by atoms with van der Waals surface area (Å²) in [5.74, 6) is 1.40. The molecule has 24 heavy (non-hydrogen) atoms. The quantitative estimate of drug-likeness (QED) is 0.847. The molecule has 0 radical (unpaired) electrons. The molecule has 0 unspecified atom stereocenters. The number of rotatable bonds is 5. The van der Waals surface area contributed by atoms with Gasteiger partial charge in [-0.1, -0.05) is 19.1 Å². The van der Waals surface area contributed by atoms with Crippen molar-refractivity contribution in [1.29, 1.82) is 0 Å². The summed E-state index contributed by atoms with van der Waals surface area (Å²) in [6.45, 7) is 3.81. The SMILES string of the molecule is CCCC(=O)c1cnc(-c2ccccc2O)nc1N1CCCCC1. The first-order chi connectivity index (χ1) is 11.7. The Kier molecular flexibility index (Phi) is 5.08. The van der Waals surface area contributed by atoms with Crippen molar-refractivity contribution in [2.24, 2.45) is 0 Å². The number of piperidine rings is 1. The van der Waals surface area contributed by atoms with Crippen molar-refractivity contribution in [1.82, 2.24) is 9.97 Å². The minimum absolute atomic E-state index is 0.0851. The number of phenols is 1. The molecule has 1 aromatic heterocycles. The van der Waals surface area contributed by atoms with Crippen molar-refractivity contribution >= 4 is 11.6 Å². The molecule has 3 rings (SSSR count). The van der Waals surface area contributed by atoms with E-state index in [2.05, 4.69) is 14.9 Å². The van der Waals surface area contributed by atoms with Crippen LogP contribution in [-0.4, -0.2) is 33.9 Å². The Labute approximate surface area is 142 Å². The van der Waals surface area contributed by atoms with Crippen molar-refractivity contribution in [3.05, 3.63) is 36.0 Å². The number of hydrogen-bond donors (Lipinski definition) is 1. The molecule has 0 saturated carbocycles. The minimum atomic E-state index is 0.0851. The van der Waals surface area contributed by atoms with E-state index in [4.69, 9.17) is 0 Å². The molecule has 5 nitrogen and oxygen atoms in total. The summed E-state index contributed by atoms with van der Waals surface area (Å²) in [7, 11) is 0. The van der Waals surface area contributed by atoms with Gasteiger partial charge in [0.25, 0.3) is 0 Å². The lowest BCUT2D eigenvalue weighted by atomic mass is 10.1. The lowest BCUT2D eigenvalue weighted by Crippen LogP contribution is -2.32. The zero-order valence-corrected chi connectivity index (χ0v) is 14.0. The van der Waals surface area contributed by atoms with Crippen LogP contribution in [0.3, 0.4) is 0 Å². The number of ketones is 1. The molecule has 0 bridgehead atoms. The molecule has 0 amide bonds. The predicted molar refractivity (Wildman–Crippen MR) is 94.4 cm³/mol. The predicted octanol–water partition coefficient (Wildman–Crippen LogP) is 3.82. The van der Waals surface area contributed by atoms with Crippen LogP contribution >= 0.6 is 0 Å². The highest BCUT2D eigenvalue weighted by molar-refractivity contribution is 6.00. The van der Waals surface area contributed by atoms with Gasteiger partial charge < -0.3 is 10.0 Å². The van der Waals surface area contributed by atoms with Crippen molar-refractivity contribution < 1.29 is 9.90 Å². The van der Waals surface area contributed by atoms with E-state index < -0.39 is 0 Å². The monoisotopic (exact) mass is 325 g/mol. The van der Waals surface area contributed by atoms with Gasteiger partial charge in [-0.25, -0.2) is 9.97 Å². The summed E-state index contributed by atoms with van der Waals surface area (Å²) in [5.41, 5.74) is 1.18. The lowest BCUT2D eigenvalue weighted by molar-refractivity contribution is 0.0981. The van der Waals surface area contributed by atoms with Gasteiger partial charge in [-0.2, -0.15) is 0 Å². The molecular formula is C19H23N3O2. The maximum Gasteiger partial charge on any atom is 0.168 e. The second-order valence-corrected chi connectivity index (χ2v) is 6.17. The van der Waals surface area contributed by atoms with Crippen LogP contribution in [0.2, 0.25) is 0 Å². The van der Waals surface area contributed by atoms with E-state index in [1.165, 1.54) is 6.42 Å². The Morgan fingerprint density at radius 3 is 2.67 bits per heavy atom. The lowest BCUT2D eigenvalue weighted by Gasteiger charge is -2.29. The number of hydrogen-bond acceptors (Lipinski definition) is 5. The molecule has 1 fully saturated rings. The highest BCUT2D eigenvalue weighted by Gasteiger charge is 2.22. The fourth-order valence-electron chi connectivity index (χ4n) is 3.07. The molecule has 1 aliphatic heterocycles. The van der Waals surface area contributed by atoms with E-state index in [9.17, 15) is 9.90 Å². The van der Waals surface area contributed by atoms with Crippen LogP contribution in [0.1, 0.15) is 49.4 Å². The maximum atomic E-state index is 12.5.